The highest BCUT2D eigenvalue weighted by Crippen LogP contribution is 2.24. The summed E-state index contributed by atoms with van der Waals surface area (Å²) in [6.45, 7) is 2.73. The first-order chi connectivity index (χ1) is 7.02. The summed E-state index contributed by atoms with van der Waals surface area (Å²) in [6.07, 6.45) is 5.09. The summed E-state index contributed by atoms with van der Waals surface area (Å²) in [5.74, 6) is 0. The van der Waals surface area contributed by atoms with Gasteiger partial charge < -0.3 is 5.11 Å². The Morgan fingerprint density at radius 3 is 2.40 bits per heavy atom. The molecule has 0 radical (unpaired) electrons. The van der Waals surface area contributed by atoms with Crippen LogP contribution < -0.4 is 4.72 Å². The van der Waals surface area contributed by atoms with Crippen LogP contribution in [-0.4, -0.2) is 24.2 Å². The molecular weight excluding hydrogens is 206 g/mol. The molecule has 0 spiro atoms. The van der Waals surface area contributed by atoms with E-state index in [1.54, 1.807) is 0 Å². The van der Waals surface area contributed by atoms with Gasteiger partial charge in [-0.25, -0.2) is 11.1 Å². The predicted molar refractivity (Wildman–Crippen MR) is 69.5 cm³/mol. The van der Waals surface area contributed by atoms with E-state index >= 15 is 0 Å². The molecule has 0 heterocycles. The van der Waals surface area contributed by atoms with Gasteiger partial charge in [0.2, 0.25) is 0 Å². The average molecular weight is 227 g/mol. The van der Waals surface area contributed by atoms with Crippen LogP contribution in [0.4, 0.5) is 0 Å². The van der Waals surface area contributed by atoms with Gasteiger partial charge in [-0.05, 0) is 31.4 Å². The van der Waals surface area contributed by atoms with Crippen molar-refractivity contribution < 1.29 is 5.11 Å². The van der Waals surface area contributed by atoms with Crippen LogP contribution in [0, 0.1) is 0 Å². The van der Waals surface area contributed by atoms with Crippen LogP contribution in [-0.2, 0) is 5.60 Å². The minimum atomic E-state index is -0.723. The van der Waals surface area contributed by atoms with E-state index in [4.69, 9.17) is 0 Å². The third-order valence-corrected chi connectivity index (χ3v) is 3.29. The largest absolute Gasteiger partial charge is 0.385 e. The molecule has 0 aliphatic carbocycles. The lowest BCUT2D eigenvalue weighted by atomic mass is 9.93. The molecule has 1 unspecified atom stereocenters. The van der Waals surface area contributed by atoms with Crippen molar-refractivity contribution >= 4 is 11.1 Å². The Balaban J connectivity index is 2.52. The quantitative estimate of drug-likeness (QED) is 0.673. The van der Waals surface area contributed by atoms with Crippen molar-refractivity contribution in [1.82, 2.24) is 4.72 Å². The Bertz CT molecular complexity index is 285. The van der Waals surface area contributed by atoms with E-state index in [0.29, 0.717) is 0 Å². The van der Waals surface area contributed by atoms with Gasteiger partial charge in [0, 0.05) is 6.54 Å². The fourth-order valence-electron chi connectivity index (χ4n) is 1.46. The van der Waals surface area contributed by atoms with Gasteiger partial charge in [-0.1, -0.05) is 30.3 Å². The molecule has 1 aromatic rings. The Morgan fingerprint density at radius 1 is 1.27 bits per heavy atom. The molecule has 0 amide bonds. The van der Waals surface area contributed by atoms with Crippen LogP contribution in [0.5, 0.6) is 0 Å². The van der Waals surface area contributed by atoms with Gasteiger partial charge in [-0.3, -0.25) is 4.72 Å². The van der Waals surface area contributed by atoms with E-state index in [0.717, 1.165) is 18.5 Å². The summed E-state index contributed by atoms with van der Waals surface area (Å²) in [6, 6.07) is 9.84. The Morgan fingerprint density at radius 2 is 1.87 bits per heavy atom. The van der Waals surface area contributed by atoms with Crippen molar-refractivity contribution in [2.45, 2.75) is 18.9 Å². The van der Waals surface area contributed by atoms with Crippen LogP contribution in [0.15, 0.2) is 30.3 Å². The second-order valence-electron chi connectivity index (χ2n) is 4.19. The van der Waals surface area contributed by atoms with Gasteiger partial charge in [0.05, 0.1) is 5.60 Å². The molecule has 2 nitrogen and oxygen atoms in total. The number of hydrogen-bond donors (Lipinski definition) is 3. The van der Waals surface area contributed by atoms with E-state index < -0.39 is 5.60 Å². The third-order valence-electron chi connectivity index (χ3n) is 2.44. The molecule has 0 saturated carbocycles. The second kappa shape index (κ2) is 5.54. The fourth-order valence-corrected chi connectivity index (χ4v) is 2.02. The zero-order chi connectivity index (χ0) is 11.3. The number of hydrogen-bond acceptors (Lipinski definition) is 2. The highest BCUT2D eigenvalue weighted by atomic mass is 32.2. The summed E-state index contributed by atoms with van der Waals surface area (Å²) < 4.78 is 3.38. The van der Waals surface area contributed by atoms with Crippen LogP contribution in [0.1, 0.15) is 18.9 Å². The summed E-state index contributed by atoms with van der Waals surface area (Å²) in [4.78, 5) is 0. The van der Waals surface area contributed by atoms with Gasteiger partial charge in [-0.15, -0.1) is 0 Å². The van der Waals surface area contributed by atoms with Crippen molar-refractivity contribution in [3.8, 4) is 0 Å². The molecule has 0 saturated heterocycles. The molecule has 0 bridgehead atoms. The average Bonchev–Trinajstić information content (AvgIpc) is 2.18. The summed E-state index contributed by atoms with van der Waals surface area (Å²) in [7, 11) is 0. The summed E-state index contributed by atoms with van der Waals surface area (Å²) in [5.41, 5.74) is 0.267. The molecule has 15 heavy (non-hydrogen) atoms. The van der Waals surface area contributed by atoms with E-state index in [1.807, 2.05) is 37.3 Å². The molecule has 2 N–H and O–H groups in total. The Hall–Kier alpha value is -0.510. The second-order valence-corrected chi connectivity index (χ2v) is 6.30. The predicted octanol–water partition coefficient (Wildman–Crippen LogP) is 2.05. The molecule has 1 atom stereocenters. The molecule has 1 rings (SSSR count). The van der Waals surface area contributed by atoms with Crippen molar-refractivity contribution in [3.05, 3.63) is 35.9 Å². The summed E-state index contributed by atoms with van der Waals surface area (Å²) >= 11 is -0.0835. The fraction of sp³-hybridized carbons (Fsp3) is 0.500. The number of thiol groups is 1. The zero-order valence-corrected chi connectivity index (χ0v) is 10.6. The van der Waals surface area contributed by atoms with E-state index in [-0.39, 0.29) is 11.1 Å². The lowest BCUT2D eigenvalue weighted by Gasteiger charge is -2.25. The minimum absolute atomic E-state index is 0.0835. The standard InChI is InChI=1S/C12H21NOS/c1-12(14,9-10-13-15(2)3)11-7-5-4-6-8-11/h4-8,13-15H,9-10H2,1-3H3. The van der Waals surface area contributed by atoms with Crippen molar-refractivity contribution in [2.24, 2.45) is 0 Å². The Labute approximate surface area is 95.2 Å². The van der Waals surface area contributed by atoms with Crippen LogP contribution in [0.3, 0.4) is 0 Å². The first kappa shape index (κ1) is 12.6. The topological polar surface area (TPSA) is 32.3 Å². The molecule has 1 aromatic carbocycles. The van der Waals surface area contributed by atoms with E-state index in [9.17, 15) is 5.11 Å². The zero-order valence-electron chi connectivity index (χ0n) is 9.70. The Kier molecular flexibility index (Phi) is 4.64. The molecule has 0 aliphatic rings. The third kappa shape index (κ3) is 4.24. The van der Waals surface area contributed by atoms with Gasteiger partial charge in [0.15, 0.2) is 0 Å². The maximum atomic E-state index is 10.3. The molecule has 3 heteroatoms. The normalized spacial score (nSPS) is 15.9. The monoisotopic (exact) mass is 227 g/mol. The number of benzene rings is 1. The maximum Gasteiger partial charge on any atom is 0.0881 e. The molecule has 86 valence electrons. The lowest BCUT2D eigenvalue weighted by Crippen LogP contribution is -2.26. The number of rotatable bonds is 5. The SMILES string of the molecule is C[SH](C)NCCC(C)(O)c1ccccc1. The van der Waals surface area contributed by atoms with Crippen molar-refractivity contribution in [1.29, 1.82) is 0 Å². The minimum Gasteiger partial charge on any atom is -0.385 e. The molecular formula is C12H21NOS. The first-order valence-corrected chi connectivity index (χ1v) is 7.45. The molecule has 0 aliphatic heterocycles. The number of aliphatic hydroxyl groups is 1. The first-order valence-electron chi connectivity index (χ1n) is 5.21. The number of nitrogens with one attached hydrogen (secondary N) is 1. The molecule has 0 aromatic heterocycles. The molecule has 0 fully saturated rings. The van der Waals surface area contributed by atoms with Crippen molar-refractivity contribution in [2.75, 3.05) is 19.1 Å². The smallest absolute Gasteiger partial charge is 0.0881 e. The summed E-state index contributed by atoms with van der Waals surface area (Å²) in [5, 5.41) is 10.3. The van der Waals surface area contributed by atoms with Gasteiger partial charge in [0.1, 0.15) is 0 Å². The van der Waals surface area contributed by atoms with E-state index in [1.165, 1.54) is 0 Å². The van der Waals surface area contributed by atoms with E-state index in [2.05, 4.69) is 17.2 Å². The highest BCUT2D eigenvalue weighted by molar-refractivity contribution is 8.14. The highest BCUT2D eigenvalue weighted by Gasteiger charge is 2.21. The van der Waals surface area contributed by atoms with Gasteiger partial charge in [-0.2, -0.15) is 0 Å². The van der Waals surface area contributed by atoms with Crippen LogP contribution in [0.2, 0.25) is 0 Å². The van der Waals surface area contributed by atoms with Crippen LogP contribution >= 0.6 is 11.1 Å². The lowest BCUT2D eigenvalue weighted by molar-refractivity contribution is 0.0496. The van der Waals surface area contributed by atoms with Crippen molar-refractivity contribution in [3.63, 3.8) is 0 Å². The van der Waals surface area contributed by atoms with Gasteiger partial charge in [0.25, 0.3) is 0 Å². The van der Waals surface area contributed by atoms with Gasteiger partial charge >= 0.3 is 0 Å². The van der Waals surface area contributed by atoms with Crippen LogP contribution in [0.25, 0.3) is 0 Å². The maximum absolute atomic E-state index is 10.3.